The van der Waals surface area contributed by atoms with Crippen LogP contribution in [0.3, 0.4) is 0 Å². The van der Waals surface area contributed by atoms with E-state index in [0.717, 1.165) is 12.0 Å². The Bertz CT molecular complexity index is 594. The fraction of sp³-hybridized carbons (Fsp3) is 0.250. The summed E-state index contributed by atoms with van der Waals surface area (Å²) in [6, 6.07) is 9.46. The van der Waals surface area contributed by atoms with Crippen LogP contribution in [0.1, 0.15) is 41.4 Å². The normalized spacial score (nSPS) is 11.9. The summed E-state index contributed by atoms with van der Waals surface area (Å²) in [6.07, 6.45) is 3.72. The highest BCUT2D eigenvalue weighted by Gasteiger charge is 2.12. The van der Waals surface area contributed by atoms with E-state index in [1.165, 1.54) is 24.0 Å². The SMILES string of the molecule is CCc1ccc(C(C)NC(=O)c2cncc(O)c2)cc1. The van der Waals surface area contributed by atoms with Gasteiger partial charge in [-0.1, -0.05) is 31.2 Å². The molecule has 0 aliphatic carbocycles. The molecule has 1 atom stereocenters. The molecule has 4 heteroatoms. The van der Waals surface area contributed by atoms with E-state index in [0.29, 0.717) is 5.56 Å². The Morgan fingerprint density at radius 2 is 2.00 bits per heavy atom. The van der Waals surface area contributed by atoms with Crippen LogP contribution >= 0.6 is 0 Å². The van der Waals surface area contributed by atoms with Gasteiger partial charge in [0.2, 0.25) is 0 Å². The molecule has 1 unspecified atom stereocenters. The number of hydrogen-bond donors (Lipinski definition) is 2. The van der Waals surface area contributed by atoms with Crippen molar-refractivity contribution in [2.45, 2.75) is 26.3 Å². The van der Waals surface area contributed by atoms with Crippen LogP contribution in [0.5, 0.6) is 5.75 Å². The molecule has 0 aliphatic rings. The number of pyridine rings is 1. The first-order valence-corrected chi connectivity index (χ1v) is 6.64. The average molecular weight is 270 g/mol. The lowest BCUT2D eigenvalue weighted by Crippen LogP contribution is -2.26. The molecule has 1 amide bonds. The second-order valence-electron chi connectivity index (χ2n) is 4.72. The van der Waals surface area contributed by atoms with Crippen LogP contribution in [0.25, 0.3) is 0 Å². The number of benzene rings is 1. The van der Waals surface area contributed by atoms with Gasteiger partial charge < -0.3 is 10.4 Å². The number of carbonyl (C=O) groups excluding carboxylic acids is 1. The number of aromatic hydroxyl groups is 1. The molecule has 1 heterocycles. The first kappa shape index (κ1) is 14.1. The van der Waals surface area contributed by atoms with Crippen LogP contribution < -0.4 is 5.32 Å². The molecule has 0 spiro atoms. The first-order valence-electron chi connectivity index (χ1n) is 6.64. The van der Waals surface area contributed by atoms with Gasteiger partial charge in [0.25, 0.3) is 5.91 Å². The molecule has 0 aliphatic heterocycles. The van der Waals surface area contributed by atoms with E-state index in [-0.39, 0.29) is 17.7 Å². The minimum Gasteiger partial charge on any atom is -0.506 e. The van der Waals surface area contributed by atoms with Gasteiger partial charge in [-0.25, -0.2) is 0 Å². The van der Waals surface area contributed by atoms with E-state index in [1.807, 2.05) is 19.1 Å². The minimum atomic E-state index is -0.250. The monoisotopic (exact) mass is 270 g/mol. The molecule has 104 valence electrons. The maximum absolute atomic E-state index is 12.0. The van der Waals surface area contributed by atoms with Crippen molar-refractivity contribution in [2.75, 3.05) is 0 Å². The Kier molecular flexibility index (Phi) is 4.35. The van der Waals surface area contributed by atoms with E-state index in [4.69, 9.17) is 0 Å². The smallest absolute Gasteiger partial charge is 0.253 e. The predicted molar refractivity (Wildman–Crippen MR) is 77.6 cm³/mol. The molecule has 0 bridgehead atoms. The second-order valence-corrected chi connectivity index (χ2v) is 4.72. The highest BCUT2D eigenvalue weighted by Crippen LogP contribution is 2.15. The van der Waals surface area contributed by atoms with E-state index in [9.17, 15) is 9.90 Å². The van der Waals surface area contributed by atoms with Crippen molar-refractivity contribution in [1.82, 2.24) is 10.3 Å². The molecule has 0 saturated carbocycles. The quantitative estimate of drug-likeness (QED) is 0.898. The van der Waals surface area contributed by atoms with Gasteiger partial charge in [0.05, 0.1) is 17.8 Å². The van der Waals surface area contributed by atoms with Gasteiger partial charge in [0.1, 0.15) is 5.75 Å². The van der Waals surface area contributed by atoms with Gasteiger partial charge in [-0.2, -0.15) is 0 Å². The van der Waals surface area contributed by atoms with Crippen molar-refractivity contribution >= 4 is 5.91 Å². The zero-order valence-corrected chi connectivity index (χ0v) is 11.6. The lowest BCUT2D eigenvalue weighted by Gasteiger charge is -2.14. The molecule has 4 nitrogen and oxygen atoms in total. The first-order chi connectivity index (χ1) is 9.60. The summed E-state index contributed by atoms with van der Waals surface area (Å²) in [7, 11) is 0. The third-order valence-corrected chi connectivity index (χ3v) is 3.22. The van der Waals surface area contributed by atoms with Gasteiger partial charge in [-0.15, -0.1) is 0 Å². The molecule has 1 aromatic heterocycles. The van der Waals surface area contributed by atoms with Crippen molar-refractivity contribution < 1.29 is 9.90 Å². The second kappa shape index (κ2) is 6.19. The molecule has 2 rings (SSSR count). The van der Waals surface area contributed by atoms with Gasteiger partial charge in [0, 0.05) is 6.20 Å². The van der Waals surface area contributed by atoms with Crippen LogP contribution in [0.15, 0.2) is 42.7 Å². The molecular formula is C16H18N2O2. The zero-order valence-electron chi connectivity index (χ0n) is 11.6. The summed E-state index contributed by atoms with van der Waals surface area (Å²) >= 11 is 0. The maximum atomic E-state index is 12.0. The number of aromatic nitrogens is 1. The van der Waals surface area contributed by atoms with Crippen LogP contribution in [0.4, 0.5) is 0 Å². The third kappa shape index (κ3) is 3.35. The fourth-order valence-electron chi connectivity index (χ4n) is 1.96. The van der Waals surface area contributed by atoms with Crippen molar-refractivity contribution in [1.29, 1.82) is 0 Å². The summed E-state index contributed by atoms with van der Waals surface area (Å²) in [5, 5.41) is 12.2. The summed E-state index contributed by atoms with van der Waals surface area (Å²) < 4.78 is 0. The van der Waals surface area contributed by atoms with Crippen molar-refractivity contribution in [3.8, 4) is 5.75 Å². The summed E-state index contributed by atoms with van der Waals surface area (Å²) in [4.78, 5) is 15.8. The number of nitrogens with one attached hydrogen (secondary N) is 1. The largest absolute Gasteiger partial charge is 0.506 e. The Balaban J connectivity index is 2.06. The number of nitrogens with zero attached hydrogens (tertiary/aromatic N) is 1. The summed E-state index contributed by atoms with van der Waals surface area (Å²) in [6.45, 7) is 4.03. The molecule has 0 saturated heterocycles. The van der Waals surface area contributed by atoms with E-state index >= 15 is 0 Å². The summed E-state index contributed by atoms with van der Waals surface area (Å²) in [5.41, 5.74) is 2.66. The molecule has 2 N–H and O–H groups in total. The van der Waals surface area contributed by atoms with Gasteiger partial charge in [-0.05, 0) is 30.5 Å². The lowest BCUT2D eigenvalue weighted by atomic mass is 10.0. The molecule has 2 aromatic rings. The maximum Gasteiger partial charge on any atom is 0.253 e. The van der Waals surface area contributed by atoms with Crippen molar-refractivity contribution in [3.63, 3.8) is 0 Å². The Morgan fingerprint density at radius 3 is 2.60 bits per heavy atom. The Hall–Kier alpha value is -2.36. The molecule has 0 radical (unpaired) electrons. The number of hydrogen-bond acceptors (Lipinski definition) is 3. The minimum absolute atomic E-state index is 0.0161. The molecule has 1 aromatic carbocycles. The molecule has 20 heavy (non-hydrogen) atoms. The van der Waals surface area contributed by atoms with Gasteiger partial charge in [-0.3, -0.25) is 9.78 Å². The van der Waals surface area contributed by atoms with E-state index in [1.54, 1.807) is 0 Å². The fourth-order valence-corrected chi connectivity index (χ4v) is 1.96. The van der Waals surface area contributed by atoms with Crippen LogP contribution in [-0.2, 0) is 6.42 Å². The molecular weight excluding hydrogens is 252 g/mol. The molecule has 0 fully saturated rings. The number of rotatable bonds is 4. The van der Waals surface area contributed by atoms with Crippen LogP contribution in [0.2, 0.25) is 0 Å². The zero-order chi connectivity index (χ0) is 14.5. The van der Waals surface area contributed by atoms with Crippen molar-refractivity contribution in [3.05, 3.63) is 59.4 Å². The Labute approximate surface area is 118 Å². The highest BCUT2D eigenvalue weighted by molar-refractivity contribution is 5.94. The highest BCUT2D eigenvalue weighted by atomic mass is 16.3. The van der Waals surface area contributed by atoms with Gasteiger partial charge in [0.15, 0.2) is 0 Å². The topological polar surface area (TPSA) is 62.2 Å². The van der Waals surface area contributed by atoms with Crippen LogP contribution in [0, 0.1) is 0 Å². The van der Waals surface area contributed by atoms with E-state index in [2.05, 4.69) is 29.4 Å². The Morgan fingerprint density at radius 1 is 1.30 bits per heavy atom. The standard InChI is InChI=1S/C16H18N2O2/c1-3-12-4-6-13(7-5-12)11(2)18-16(20)14-8-15(19)10-17-9-14/h4-11,19H,3H2,1-2H3,(H,18,20). The lowest BCUT2D eigenvalue weighted by molar-refractivity contribution is 0.0939. The van der Waals surface area contributed by atoms with Crippen LogP contribution in [-0.4, -0.2) is 16.0 Å². The third-order valence-electron chi connectivity index (χ3n) is 3.22. The average Bonchev–Trinajstić information content (AvgIpc) is 2.47. The van der Waals surface area contributed by atoms with Crippen molar-refractivity contribution in [2.24, 2.45) is 0 Å². The number of amides is 1. The summed E-state index contributed by atoms with van der Waals surface area (Å²) in [5.74, 6) is -0.266. The van der Waals surface area contributed by atoms with Gasteiger partial charge >= 0.3 is 0 Å². The van der Waals surface area contributed by atoms with E-state index < -0.39 is 0 Å². The number of aryl methyl sites for hydroxylation is 1. The number of carbonyl (C=O) groups is 1. The predicted octanol–water partition coefficient (Wildman–Crippen LogP) is 2.84.